The molecule has 3 nitrogen and oxygen atoms in total. The molecular formula is C20H22N2O. The Balaban J connectivity index is 1.56. The third-order valence-electron chi connectivity index (χ3n) is 5.01. The highest BCUT2D eigenvalue weighted by Crippen LogP contribution is 2.30. The first kappa shape index (κ1) is 14.5. The number of carbonyl (C=O) groups excluding carboxylic acids is 1. The molecule has 1 N–H and O–H groups in total. The van der Waals surface area contributed by atoms with Gasteiger partial charge in [0.1, 0.15) is 0 Å². The molecule has 2 heterocycles. The molecule has 23 heavy (non-hydrogen) atoms. The molecule has 2 aliphatic rings. The Bertz CT molecular complexity index is 725. The van der Waals surface area contributed by atoms with Crippen molar-refractivity contribution in [2.75, 3.05) is 18.0 Å². The summed E-state index contributed by atoms with van der Waals surface area (Å²) in [6.07, 6.45) is 3.71. The van der Waals surface area contributed by atoms with Crippen LogP contribution in [0.5, 0.6) is 0 Å². The van der Waals surface area contributed by atoms with Gasteiger partial charge < -0.3 is 10.2 Å². The van der Waals surface area contributed by atoms with E-state index in [-0.39, 0.29) is 11.9 Å². The van der Waals surface area contributed by atoms with Gasteiger partial charge in [-0.3, -0.25) is 4.79 Å². The minimum Gasteiger partial charge on any atom is -0.312 e. The first-order chi connectivity index (χ1) is 11.3. The van der Waals surface area contributed by atoms with Gasteiger partial charge in [0.25, 0.3) is 0 Å². The van der Waals surface area contributed by atoms with E-state index in [1.54, 1.807) is 0 Å². The Kier molecular flexibility index (Phi) is 3.88. The standard InChI is InChI=1S/C20H22N2O/c23-20(22-13-5-8-16-7-2-4-10-19(16)22)14-18-17-9-3-1-6-15(17)11-12-21-18/h1-4,6-7,9-10,18,21H,5,8,11-14H2. The molecule has 0 spiro atoms. The van der Waals surface area contributed by atoms with E-state index in [1.165, 1.54) is 16.7 Å². The van der Waals surface area contributed by atoms with Crippen molar-refractivity contribution in [2.45, 2.75) is 31.7 Å². The lowest BCUT2D eigenvalue weighted by Gasteiger charge is -2.32. The highest BCUT2D eigenvalue weighted by atomic mass is 16.2. The van der Waals surface area contributed by atoms with Gasteiger partial charge in [0.05, 0.1) is 0 Å². The molecular weight excluding hydrogens is 284 g/mol. The summed E-state index contributed by atoms with van der Waals surface area (Å²) in [6, 6.07) is 16.9. The topological polar surface area (TPSA) is 32.3 Å². The molecule has 0 saturated carbocycles. The average Bonchev–Trinajstić information content (AvgIpc) is 2.61. The Morgan fingerprint density at radius 1 is 1.04 bits per heavy atom. The normalized spacial score (nSPS) is 19.8. The van der Waals surface area contributed by atoms with Crippen LogP contribution in [0.4, 0.5) is 5.69 Å². The molecule has 1 unspecified atom stereocenters. The lowest BCUT2D eigenvalue weighted by Crippen LogP contribution is -2.39. The number of nitrogens with one attached hydrogen (secondary N) is 1. The Hall–Kier alpha value is -2.13. The largest absolute Gasteiger partial charge is 0.312 e. The molecule has 118 valence electrons. The molecule has 0 saturated heterocycles. The van der Waals surface area contributed by atoms with Crippen LogP contribution >= 0.6 is 0 Å². The molecule has 0 fully saturated rings. The predicted octanol–water partition coefficient (Wildman–Crippen LogP) is 3.24. The van der Waals surface area contributed by atoms with Gasteiger partial charge in [0.15, 0.2) is 0 Å². The summed E-state index contributed by atoms with van der Waals surface area (Å²) in [5.41, 5.74) is 5.07. The molecule has 0 aliphatic carbocycles. The molecule has 2 aliphatic heterocycles. The van der Waals surface area contributed by atoms with Gasteiger partial charge in [-0.1, -0.05) is 42.5 Å². The number of aryl methyl sites for hydroxylation is 1. The van der Waals surface area contributed by atoms with E-state index in [4.69, 9.17) is 0 Å². The van der Waals surface area contributed by atoms with Crippen molar-refractivity contribution in [3.8, 4) is 0 Å². The van der Waals surface area contributed by atoms with Gasteiger partial charge in [-0.2, -0.15) is 0 Å². The van der Waals surface area contributed by atoms with E-state index < -0.39 is 0 Å². The summed E-state index contributed by atoms with van der Waals surface area (Å²) in [5.74, 6) is 0.228. The highest BCUT2D eigenvalue weighted by molar-refractivity contribution is 5.95. The number of rotatable bonds is 2. The predicted molar refractivity (Wildman–Crippen MR) is 92.6 cm³/mol. The number of benzene rings is 2. The minimum absolute atomic E-state index is 0.140. The van der Waals surface area contributed by atoms with Gasteiger partial charge in [0, 0.05) is 24.7 Å². The molecule has 2 aromatic rings. The van der Waals surface area contributed by atoms with Crippen LogP contribution in [0.2, 0.25) is 0 Å². The molecule has 0 aromatic heterocycles. The number of amides is 1. The van der Waals surface area contributed by atoms with E-state index >= 15 is 0 Å². The van der Waals surface area contributed by atoms with Crippen molar-refractivity contribution < 1.29 is 4.79 Å². The van der Waals surface area contributed by atoms with Crippen molar-refractivity contribution in [3.63, 3.8) is 0 Å². The zero-order valence-corrected chi connectivity index (χ0v) is 13.3. The van der Waals surface area contributed by atoms with Gasteiger partial charge in [0.2, 0.25) is 5.91 Å². The molecule has 1 amide bonds. The number of carbonyl (C=O) groups is 1. The number of nitrogens with zero attached hydrogens (tertiary/aromatic N) is 1. The maximum Gasteiger partial charge on any atom is 0.228 e. The van der Waals surface area contributed by atoms with Crippen LogP contribution in [-0.2, 0) is 17.6 Å². The van der Waals surface area contributed by atoms with Gasteiger partial charge in [-0.05, 0) is 48.6 Å². The maximum atomic E-state index is 12.9. The summed E-state index contributed by atoms with van der Waals surface area (Å²) in [7, 11) is 0. The monoisotopic (exact) mass is 306 g/mol. The van der Waals surface area contributed by atoms with Crippen molar-refractivity contribution in [1.82, 2.24) is 5.32 Å². The third-order valence-corrected chi connectivity index (χ3v) is 5.01. The quantitative estimate of drug-likeness (QED) is 0.924. The zero-order chi connectivity index (χ0) is 15.6. The van der Waals surface area contributed by atoms with Crippen molar-refractivity contribution in [2.24, 2.45) is 0 Å². The first-order valence-electron chi connectivity index (χ1n) is 8.52. The fourth-order valence-corrected chi connectivity index (χ4v) is 3.85. The van der Waals surface area contributed by atoms with Crippen LogP contribution in [0, 0.1) is 0 Å². The summed E-state index contributed by atoms with van der Waals surface area (Å²) in [6.45, 7) is 1.79. The Morgan fingerprint density at radius 2 is 1.83 bits per heavy atom. The first-order valence-corrected chi connectivity index (χ1v) is 8.52. The maximum absolute atomic E-state index is 12.9. The number of hydrogen-bond donors (Lipinski definition) is 1. The molecule has 0 bridgehead atoms. The van der Waals surface area contributed by atoms with Crippen molar-refractivity contribution in [3.05, 3.63) is 65.2 Å². The van der Waals surface area contributed by atoms with Crippen LogP contribution in [0.3, 0.4) is 0 Å². The van der Waals surface area contributed by atoms with E-state index in [0.29, 0.717) is 6.42 Å². The minimum atomic E-state index is 0.140. The van der Waals surface area contributed by atoms with Crippen molar-refractivity contribution in [1.29, 1.82) is 0 Å². The van der Waals surface area contributed by atoms with E-state index in [0.717, 1.165) is 38.0 Å². The number of fused-ring (bicyclic) bond motifs is 2. The Labute approximate surface area is 137 Å². The smallest absolute Gasteiger partial charge is 0.228 e. The lowest BCUT2D eigenvalue weighted by molar-refractivity contribution is -0.119. The third kappa shape index (κ3) is 2.77. The van der Waals surface area contributed by atoms with Crippen LogP contribution in [0.15, 0.2) is 48.5 Å². The summed E-state index contributed by atoms with van der Waals surface area (Å²) in [4.78, 5) is 14.9. The molecule has 3 heteroatoms. The second-order valence-corrected chi connectivity index (χ2v) is 6.44. The second kappa shape index (κ2) is 6.17. The summed E-state index contributed by atoms with van der Waals surface area (Å²) < 4.78 is 0. The number of anilines is 1. The van der Waals surface area contributed by atoms with Crippen LogP contribution < -0.4 is 10.2 Å². The van der Waals surface area contributed by atoms with E-state index in [9.17, 15) is 4.79 Å². The molecule has 2 aromatic carbocycles. The van der Waals surface area contributed by atoms with E-state index in [1.807, 2.05) is 11.0 Å². The zero-order valence-electron chi connectivity index (χ0n) is 13.3. The van der Waals surface area contributed by atoms with E-state index in [2.05, 4.69) is 47.8 Å². The SMILES string of the molecule is O=C(CC1NCCc2ccccc21)N1CCCc2ccccc21. The lowest BCUT2D eigenvalue weighted by atomic mass is 9.92. The average molecular weight is 306 g/mol. The molecule has 4 rings (SSSR count). The van der Waals surface area contributed by atoms with Crippen LogP contribution in [0.1, 0.15) is 35.6 Å². The van der Waals surface area contributed by atoms with Gasteiger partial charge >= 0.3 is 0 Å². The Morgan fingerprint density at radius 3 is 2.74 bits per heavy atom. The van der Waals surface area contributed by atoms with Gasteiger partial charge in [-0.15, -0.1) is 0 Å². The van der Waals surface area contributed by atoms with Crippen molar-refractivity contribution >= 4 is 11.6 Å². The van der Waals surface area contributed by atoms with Gasteiger partial charge in [-0.25, -0.2) is 0 Å². The number of para-hydroxylation sites is 1. The fourth-order valence-electron chi connectivity index (χ4n) is 3.85. The summed E-state index contributed by atoms with van der Waals surface area (Å²) >= 11 is 0. The highest BCUT2D eigenvalue weighted by Gasteiger charge is 2.27. The molecule has 0 radical (unpaired) electrons. The summed E-state index contributed by atoms with van der Waals surface area (Å²) in [5, 5.41) is 3.52. The second-order valence-electron chi connectivity index (χ2n) is 6.44. The van der Waals surface area contributed by atoms with Crippen LogP contribution in [0.25, 0.3) is 0 Å². The number of hydrogen-bond acceptors (Lipinski definition) is 2. The van der Waals surface area contributed by atoms with Crippen LogP contribution in [-0.4, -0.2) is 19.0 Å². The molecule has 1 atom stereocenters. The fraction of sp³-hybridized carbons (Fsp3) is 0.350.